The number of ether oxygens (including phenoxy) is 2. The summed E-state index contributed by atoms with van der Waals surface area (Å²) in [5, 5.41) is 1.42. The Kier molecular flexibility index (Phi) is 7.49. The molecule has 2 aromatic rings. The van der Waals surface area contributed by atoms with E-state index in [9.17, 15) is 0 Å². The molecular weight excluding hydrogens is 341 g/mol. The van der Waals surface area contributed by atoms with Gasteiger partial charge in [-0.25, -0.2) is 0 Å². The third-order valence-electron chi connectivity index (χ3n) is 4.69. The lowest BCUT2D eigenvalue weighted by molar-refractivity contribution is 0.0501. The minimum atomic E-state index is -0.0294. The van der Waals surface area contributed by atoms with Crippen LogP contribution in [0.15, 0.2) is 42.5 Å². The van der Waals surface area contributed by atoms with E-state index in [0.717, 1.165) is 18.8 Å². The molecule has 4 heteroatoms. The van der Waals surface area contributed by atoms with E-state index in [2.05, 4.69) is 69.9 Å². The first-order valence-corrected chi connectivity index (χ1v) is 10.3. The Hall–Kier alpha value is -1.57. The third-order valence-corrected chi connectivity index (χ3v) is 6.48. The molecule has 0 radical (unpaired) electrons. The molecule has 0 N–H and O–H groups in total. The van der Waals surface area contributed by atoms with Gasteiger partial charge in [-0.3, -0.25) is 0 Å². The second kappa shape index (κ2) is 9.39. The van der Waals surface area contributed by atoms with Crippen LogP contribution < -0.4 is 14.9 Å². The minimum Gasteiger partial charge on any atom is -0.467 e. The molecule has 0 bridgehead atoms. The quantitative estimate of drug-likeness (QED) is 0.453. The van der Waals surface area contributed by atoms with Crippen LogP contribution >= 0.6 is 8.58 Å². The lowest BCUT2D eigenvalue weighted by atomic mass is 10.0. The molecule has 2 aromatic carbocycles. The lowest BCUT2D eigenvalue weighted by Crippen LogP contribution is -2.28. The summed E-state index contributed by atoms with van der Waals surface area (Å²) >= 11 is 0. The maximum absolute atomic E-state index is 5.83. The standard InChI is InChI=1S/C22H32NO2P/c1-7-23(8-2)19-14-11-12-17(3)21(19)26-22(4,5)18-13-9-10-15-20(18)25-16-24-6/h9-15,26H,7-8,16H2,1-6H3. The second-order valence-corrected chi connectivity index (χ2v) is 8.94. The van der Waals surface area contributed by atoms with Gasteiger partial charge < -0.3 is 14.4 Å². The molecule has 0 aliphatic carbocycles. The molecule has 26 heavy (non-hydrogen) atoms. The van der Waals surface area contributed by atoms with Crippen LogP contribution in [0, 0.1) is 6.92 Å². The highest BCUT2D eigenvalue weighted by Gasteiger charge is 2.27. The minimum absolute atomic E-state index is 0.0294. The van der Waals surface area contributed by atoms with E-state index in [1.54, 1.807) is 7.11 Å². The predicted octanol–water partition coefficient (Wildman–Crippen LogP) is 5.06. The van der Waals surface area contributed by atoms with Crippen molar-refractivity contribution < 1.29 is 9.47 Å². The Morgan fingerprint density at radius 1 is 1.00 bits per heavy atom. The molecular formula is C22H32NO2P. The van der Waals surface area contributed by atoms with Gasteiger partial charge in [0.2, 0.25) is 0 Å². The van der Waals surface area contributed by atoms with Crippen molar-refractivity contribution >= 4 is 19.6 Å². The van der Waals surface area contributed by atoms with Crippen LogP contribution in [0.5, 0.6) is 5.75 Å². The lowest BCUT2D eigenvalue weighted by Gasteiger charge is -2.32. The first kappa shape index (κ1) is 20.7. The van der Waals surface area contributed by atoms with Crippen LogP contribution in [0.25, 0.3) is 0 Å². The second-order valence-electron chi connectivity index (χ2n) is 6.94. The largest absolute Gasteiger partial charge is 0.467 e. The van der Waals surface area contributed by atoms with E-state index in [1.807, 2.05) is 12.1 Å². The average Bonchev–Trinajstić information content (AvgIpc) is 2.63. The Morgan fingerprint density at radius 2 is 1.69 bits per heavy atom. The van der Waals surface area contributed by atoms with Crippen molar-refractivity contribution in [3.05, 3.63) is 53.6 Å². The number of aryl methyl sites for hydroxylation is 1. The molecule has 1 unspecified atom stereocenters. The van der Waals surface area contributed by atoms with Gasteiger partial charge in [0.1, 0.15) is 5.75 Å². The maximum atomic E-state index is 5.83. The molecule has 0 aromatic heterocycles. The predicted molar refractivity (Wildman–Crippen MR) is 115 cm³/mol. The summed E-state index contributed by atoms with van der Waals surface area (Å²) in [7, 11) is 2.30. The Labute approximate surface area is 160 Å². The number of anilines is 1. The number of nitrogens with zero attached hydrogens (tertiary/aromatic N) is 1. The molecule has 1 atom stereocenters. The molecule has 2 rings (SSSR count). The van der Waals surface area contributed by atoms with Crippen LogP contribution in [0.4, 0.5) is 5.69 Å². The topological polar surface area (TPSA) is 21.7 Å². The SMILES string of the molecule is CCN(CC)c1cccc(C)c1PC(C)(C)c1ccccc1OCOC. The number of methoxy groups -OCH3 is 1. The molecule has 142 valence electrons. The van der Waals surface area contributed by atoms with Crippen molar-refractivity contribution in [3.8, 4) is 5.75 Å². The summed E-state index contributed by atoms with van der Waals surface area (Å²) in [5.74, 6) is 0.907. The molecule has 0 aliphatic rings. The Bertz CT molecular complexity index is 711. The first-order valence-electron chi connectivity index (χ1n) is 9.28. The molecule has 0 saturated heterocycles. The van der Waals surface area contributed by atoms with Gasteiger partial charge in [-0.2, -0.15) is 0 Å². The van der Waals surface area contributed by atoms with Gasteiger partial charge in [0, 0.05) is 36.6 Å². The van der Waals surface area contributed by atoms with Crippen molar-refractivity contribution in [1.29, 1.82) is 0 Å². The van der Waals surface area contributed by atoms with E-state index >= 15 is 0 Å². The van der Waals surface area contributed by atoms with Gasteiger partial charge in [-0.1, -0.05) is 52.8 Å². The first-order chi connectivity index (χ1) is 12.4. The van der Waals surface area contributed by atoms with Gasteiger partial charge in [0.05, 0.1) is 0 Å². The Morgan fingerprint density at radius 3 is 2.35 bits per heavy atom. The number of benzene rings is 2. The smallest absolute Gasteiger partial charge is 0.188 e. The number of rotatable bonds is 9. The van der Waals surface area contributed by atoms with Crippen molar-refractivity contribution in [1.82, 2.24) is 0 Å². The van der Waals surface area contributed by atoms with E-state index in [0.29, 0.717) is 8.58 Å². The van der Waals surface area contributed by atoms with E-state index in [4.69, 9.17) is 9.47 Å². The summed E-state index contributed by atoms with van der Waals surface area (Å²) in [6, 6.07) is 15.0. The number of hydrogen-bond donors (Lipinski definition) is 0. The van der Waals surface area contributed by atoms with Gasteiger partial charge >= 0.3 is 0 Å². The van der Waals surface area contributed by atoms with Crippen LogP contribution in [0.3, 0.4) is 0 Å². The van der Waals surface area contributed by atoms with Gasteiger partial charge in [0.15, 0.2) is 6.79 Å². The summed E-state index contributed by atoms with van der Waals surface area (Å²) in [6.45, 7) is 13.6. The number of hydrogen-bond acceptors (Lipinski definition) is 3. The summed E-state index contributed by atoms with van der Waals surface area (Å²) < 4.78 is 10.9. The molecule has 3 nitrogen and oxygen atoms in total. The molecule has 0 heterocycles. The van der Waals surface area contributed by atoms with Crippen molar-refractivity contribution in [2.45, 2.75) is 39.8 Å². The Balaban J connectivity index is 2.42. The van der Waals surface area contributed by atoms with E-state index in [1.165, 1.54) is 22.1 Å². The molecule has 0 amide bonds. The van der Waals surface area contributed by atoms with Gasteiger partial charge in [-0.05, 0) is 43.8 Å². The maximum Gasteiger partial charge on any atom is 0.188 e. The zero-order chi connectivity index (χ0) is 19.2. The zero-order valence-corrected chi connectivity index (χ0v) is 17.9. The van der Waals surface area contributed by atoms with Crippen LogP contribution in [0.2, 0.25) is 0 Å². The summed E-state index contributed by atoms with van der Waals surface area (Å²) in [6.07, 6.45) is 0. The summed E-state index contributed by atoms with van der Waals surface area (Å²) in [5.41, 5.74) is 3.94. The van der Waals surface area contributed by atoms with Crippen molar-refractivity contribution in [2.24, 2.45) is 0 Å². The molecule has 0 fully saturated rings. The zero-order valence-electron chi connectivity index (χ0n) is 16.9. The summed E-state index contributed by atoms with van der Waals surface area (Å²) in [4.78, 5) is 2.44. The fourth-order valence-electron chi connectivity index (χ4n) is 3.25. The average molecular weight is 373 g/mol. The molecule has 0 saturated carbocycles. The highest BCUT2D eigenvalue weighted by molar-refractivity contribution is 7.49. The van der Waals surface area contributed by atoms with Gasteiger partial charge in [0.25, 0.3) is 0 Å². The third kappa shape index (κ3) is 4.78. The monoisotopic (exact) mass is 373 g/mol. The van der Waals surface area contributed by atoms with Gasteiger partial charge in [-0.15, -0.1) is 0 Å². The van der Waals surface area contributed by atoms with Crippen LogP contribution in [-0.2, 0) is 9.89 Å². The molecule has 0 aliphatic heterocycles. The van der Waals surface area contributed by atoms with Crippen LogP contribution in [0.1, 0.15) is 38.8 Å². The highest BCUT2D eigenvalue weighted by Crippen LogP contribution is 2.46. The highest BCUT2D eigenvalue weighted by atomic mass is 31.1. The molecule has 0 spiro atoms. The fraction of sp³-hybridized carbons (Fsp3) is 0.455. The van der Waals surface area contributed by atoms with E-state index < -0.39 is 0 Å². The fourth-order valence-corrected chi connectivity index (χ4v) is 4.87. The van der Waals surface area contributed by atoms with Crippen molar-refractivity contribution in [2.75, 3.05) is 31.9 Å². The van der Waals surface area contributed by atoms with Crippen molar-refractivity contribution in [3.63, 3.8) is 0 Å². The van der Waals surface area contributed by atoms with E-state index in [-0.39, 0.29) is 11.9 Å². The number of para-hydroxylation sites is 1. The normalized spacial score (nSPS) is 11.9. The van der Waals surface area contributed by atoms with Crippen LogP contribution in [-0.4, -0.2) is 27.0 Å².